The number of piperidine rings is 1. The lowest BCUT2D eigenvalue weighted by Gasteiger charge is -2.32. The molecule has 0 spiro atoms. The summed E-state index contributed by atoms with van der Waals surface area (Å²) in [6.07, 6.45) is -0.965. The lowest BCUT2D eigenvalue weighted by atomic mass is 9.92. The number of nitrogens with one attached hydrogen (secondary N) is 1. The number of hydrogen-bond donors (Lipinski definition) is 1. The highest BCUT2D eigenvalue weighted by Gasteiger charge is 2.31. The smallest absolute Gasteiger partial charge is 0.343 e. The summed E-state index contributed by atoms with van der Waals surface area (Å²) in [6, 6.07) is 5.29. The average Bonchev–Trinajstić information content (AvgIpc) is 2.59. The second-order valence-corrected chi connectivity index (χ2v) is 6.94. The molecule has 0 radical (unpaired) electrons. The van der Waals surface area contributed by atoms with E-state index in [4.69, 9.17) is 0 Å². The van der Waals surface area contributed by atoms with Crippen molar-refractivity contribution in [2.24, 2.45) is 5.92 Å². The molecule has 1 aliphatic heterocycles. The van der Waals surface area contributed by atoms with E-state index in [1.54, 1.807) is 6.07 Å². The summed E-state index contributed by atoms with van der Waals surface area (Å²) in [5.74, 6) is 0.464. The minimum atomic E-state index is -4.35. The van der Waals surface area contributed by atoms with Gasteiger partial charge in [-0.05, 0) is 56.3 Å². The quantitative estimate of drug-likeness (QED) is 0.834. The monoisotopic (exact) mass is 356 g/mol. The van der Waals surface area contributed by atoms with Gasteiger partial charge < -0.3 is 10.2 Å². The van der Waals surface area contributed by atoms with E-state index >= 15 is 0 Å². The highest BCUT2D eigenvalue weighted by molar-refractivity contribution is 5.77. The molecule has 1 aromatic rings. The predicted octanol–water partition coefficient (Wildman–Crippen LogP) is 4.05. The van der Waals surface area contributed by atoms with Gasteiger partial charge in [-0.1, -0.05) is 25.1 Å². The van der Waals surface area contributed by atoms with E-state index in [0.29, 0.717) is 11.5 Å². The Morgan fingerprint density at radius 1 is 1.32 bits per heavy atom. The van der Waals surface area contributed by atoms with Crippen molar-refractivity contribution in [3.63, 3.8) is 0 Å². The van der Waals surface area contributed by atoms with Gasteiger partial charge in [-0.3, -0.25) is 4.79 Å². The van der Waals surface area contributed by atoms with Gasteiger partial charge in [0.15, 0.2) is 0 Å². The van der Waals surface area contributed by atoms with Crippen LogP contribution in [0.25, 0.3) is 0 Å². The number of halogens is 3. The normalized spacial score (nSPS) is 17.6. The molecule has 140 valence electrons. The van der Waals surface area contributed by atoms with E-state index in [0.717, 1.165) is 51.0 Å². The molecule has 1 atom stereocenters. The first-order chi connectivity index (χ1) is 11.8. The molecule has 1 aromatic carbocycles. The molecular formula is C19H27F3N2O. The highest BCUT2D eigenvalue weighted by Crippen LogP contribution is 2.32. The fraction of sp³-hybridized carbons (Fsp3) is 0.632. The molecule has 0 aliphatic carbocycles. The van der Waals surface area contributed by atoms with Crippen molar-refractivity contribution in [2.45, 2.75) is 44.7 Å². The Bertz CT molecular complexity index is 566. The maximum absolute atomic E-state index is 12.8. The van der Waals surface area contributed by atoms with Crippen LogP contribution in [0.5, 0.6) is 0 Å². The van der Waals surface area contributed by atoms with Crippen LogP contribution in [-0.2, 0) is 11.0 Å². The van der Waals surface area contributed by atoms with Crippen LogP contribution in [-0.4, -0.2) is 37.5 Å². The van der Waals surface area contributed by atoms with Crippen LogP contribution in [0, 0.1) is 5.92 Å². The molecule has 1 fully saturated rings. The molecule has 1 aliphatic rings. The predicted molar refractivity (Wildman–Crippen MR) is 92.3 cm³/mol. The van der Waals surface area contributed by atoms with Gasteiger partial charge in [-0.2, -0.15) is 13.2 Å². The molecule has 1 amide bonds. The summed E-state index contributed by atoms with van der Waals surface area (Å²) in [5.41, 5.74) is -0.0956. The lowest BCUT2D eigenvalue weighted by molar-refractivity contribution is -0.137. The Balaban J connectivity index is 1.88. The van der Waals surface area contributed by atoms with Crippen LogP contribution < -0.4 is 5.32 Å². The Labute approximate surface area is 147 Å². The zero-order chi connectivity index (χ0) is 18.4. The number of alkyl halides is 3. The van der Waals surface area contributed by atoms with E-state index in [-0.39, 0.29) is 18.2 Å². The Hall–Kier alpha value is -1.56. The number of amides is 1. The summed E-state index contributed by atoms with van der Waals surface area (Å²) in [5, 5.41) is 3.15. The second-order valence-electron chi connectivity index (χ2n) is 6.94. The fourth-order valence-electron chi connectivity index (χ4n) is 3.35. The number of carbonyl (C=O) groups is 1. The van der Waals surface area contributed by atoms with Crippen LogP contribution in [0.1, 0.15) is 49.7 Å². The second kappa shape index (κ2) is 8.70. The minimum Gasteiger partial charge on any atom is -0.343 e. The van der Waals surface area contributed by atoms with E-state index in [2.05, 4.69) is 5.32 Å². The SMILES string of the molecule is CNCCC1CCN(C(=O)CC(C)c2cccc(C(F)(F)F)c2)CC1. The number of likely N-dealkylation sites (tertiary alicyclic amines) is 1. The minimum absolute atomic E-state index is 0.0389. The number of rotatable bonds is 6. The van der Waals surface area contributed by atoms with E-state index in [1.807, 2.05) is 18.9 Å². The molecule has 1 saturated heterocycles. The summed E-state index contributed by atoms with van der Waals surface area (Å²) < 4.78 is 38.5. The van der Waals surface area contributed by atoms with Crippen molar-refractivity contribution >= 4 is 5.91 Å². The largest absolute Gasteiger partial charge is 0.416 e. The Kier molecular flexibility index (Phi) is 6.87. The number of carbonyl (C=O) groups excluding carboxylic acids is 1. The molecule has 3 nitrogen and oxygen atoms in total. The third kappa shape index (κ3) is 5.73. The van der Waals surface area contributed by atoms with E-state index in [9.17, 15) is 18.0 Å². The van der Waals surface area contributed by atoms with Gasteiger partial charge in [0, 0.05) is 19.5 Å². The van der Waals surface area contributed by atoms with Crippen molar-refractivity contribution in [1.29, 1.82) is 0 Å². The molecule has 2 rings (SSSR count). The molecule has 6 heteroatoms. The van der Waals surface area contributed by atoms with Crippen LogP contribution >= 0.6 is 0 Å². The number of benzene rings is 1. The zero-order valence-corrected chi connectivity index (χ0v) is 14.9. The van der Waals surface area contributed by atoms with Gasteiger partial charge >= 0.3 is 6.18 Å². The van der Waals surface area contributed by atoms with Gasteiger partial charge in [0.2, 0.25) is 5.91 Å². The number of hydrogen-bond acceptors (Lipinski definition) is 2. The summed E-state index contributed by atoms with van der Waals surface area (Å²) in [7, 11) is 1.94. The molecule has 25 heavy (non-hydrogen) atoms. The summed E-state index contributed by atoms with van der Waals surface area (Å²) in [6.45, 7) is 4.31. The molecule has 1 unspecified atom stereocenters. The van der Waals surface area contributed by atoms with Gasteiger partial charge in [-0.25, -0.2) is 0 Å². The maximum atomic E-state index is 12.8. The first-order valence-corrected chi connectivity index (χ1v) is 8.90. The molecule has 0 saturated carbocycles. The summed E-state index contributed by atoms with van der Waals surface area (Å²) in [4.78, 5) is 14.3. The van der Waals surface area contributed by atoms with E-state index in [1.165, 1.54) is 6.07 Å². The van der Waals surface area contributed by atoms with Crippen LogP contribution in [0.15, 0.2) is 24.3 Å². The first kappa shape index (κ1) is 19.8. The topological polar surface area (TPSA) is 32.3 Å². The van der Waals surface area contributed by atoms with E-state index < -0.39 is 11.7 Å². The van der Waals surface area contributed by atoms with Gasteiger partial charge in [0.25, 0.3) is 0 Å². The number of nitrogens with zero attached hydrogens (tertiary/aromatic N) is 1. The molecule has 0 bridgehead atoms. The molecule has 1 heterocycles. The standard InChI is InChI=1S/C19H27F3N2O/c1-14(16-4-3-5-17(13-16)19(20,21)22)12-18(25)24-10-7-15(8-11-24)6-9-23-2/h3-5,13-15,23H,6-12H2,1-2H3. The summed E-state index contributed by atoms with van der Waals surface area (Å²) >= 11 is 0. The van der Waals surface area contributed by atoms with Crippen molar-refractivity contribution in [3.8, 4) is 0 Å². The van der Waals surface area contributed by atoms with Gasteiger partial charge in [0.1, 0.15) is 0 Å². The fourth-order valence-corrected chi connectivity index (χ4v) is 3.35. The molecular weight excluding hydrogens is 329 g/mol. The van der Waals surface area contributed by atoms with Crippen LogP contribution in [0.3, 0.4) is 0 Å². The lowest BCUT2D eigenvalue weighted by Crippen LogP contribution is -2.39. The van der Waals surface area contributed by atoms with Crippen molar-refractivity contribution in [3.05, 3.63) is 35.4 Å². The van der Waals surface area contributed by atoms with Crippen LogP contribution in [0.2, 0.25) is 0 Å². The van der Waals surface area contributed by atoms with Crippen LogP contribution in [0.4, 0.5) is 13.2 Å². The first-order valence-electron chi connectivity index (χ1n) is 8.90. The third-order valence-corrected chi connectivity index (χ3v) is 5.03. The molecule has 1 N–H and O–H groups in total. The van der Waals surface area contributed by atoms with Gasteiger partial charge in [0.05, 0.1) is 5.56 Å². The van der Waals surface area contributed by atoms with Gasteiger partial charge in [-0.15, -0.1) is 0 Å². The van der Waals surface area contributed by atoms with Crippen molar-refractivity contribution in [1.82, 2.24) is 10.2 Å². The Morgan fingerprint density at radius 2 is 2.00 bits per heavy atom. The maximum Gasteiger partial charge on any atom is 0.416 e. The third-order valence-electron chi connectivity index (χ3n) is 5.03. The highest BCUT2D eigenvalue weighted by atomic mass is 19.4. The Morgan fingerprint density at radius 3 is 2.60 bits per heavy atom. The van der Waals surface area contributed by atoms with Crippen molar-refractivity contribution < 1.29 is 18.0 Å². The average molecular weight is 356 g/mol. The van der Waals surface area contributed by atoms with Crippen molar-refractivity contribution in [2.75, 3.05) is 26.7 Å². The molecule has 0 aromatic heterocycles. The zero-order valence-electron chi connectivity index (χ0n) is 14.9.